The van der Waals surface area contributed by atoms with Gasteiger partial charge in [-0.3, -0.25) is 4.79 Å². The molecule has 4 heteroatoms. The Kier molecular flexibility index (Phi) is 4.91. The van der Waals surface area contributed by atoms with Gasteiger partial charge in [-0.15, -0.1) is 0 Å². The van der Waals surface area contributed by atoms with Crippen LogP contribution in [0.4, 0.5) is 14.5 Å². The minimum absolute atomic E-state index is 0.139. The Balaban J connectivity index is 2.00. The molecule has 2 aromatic rings. The number of amides is 1. The van der Waals surface area contributed by atoms with E-state index in [1.165, 1.54) is 6.07 Å². The molecule has 1 N–H and O–H groups in total. The van der Waals surface area contributed by atoms with Gasteiger partial charge in [-0.2, -0.15) is 0 Å². The van der Waals surface area contributed by atoms with Crippen molar-refractivity contribution in [1.29, 1.82) is 0 Å². The van der Waals surface area contributed by atoms with Gasteiger partial charge in [0, 0.05) is 12.1 Å². The summed E-state index contributed by atoms with van der Waals surface area (Å²) in [6.45, 7) is 5.91. The fourth-order valence-electron chi connectivity index (χ4n) is 2.53. The Hall–Kier alpha value is -2.23. The molecule has 0 bridgehead atoms. The molecule has 0 unspecified atom stereocenters. The summed E-state index contributed by atoms with van der Waals surface area (Å²) in [4.78, 5) is 12.0. The number of anilines is 1. The number of hydrogen-bond acceptors (Lipinski definition) is 1. The lowest BCUT2D eigenvalue weighted by molar-refractivity contribution is -0.116. The Morgan fingerprint density at radius 2 is 1.64 bits per heavy atom. The number of carbonyl (C=O) groups is 1. The van der Waals surface area contributed by atoms with Gasteiger partial charge in [0.05, 0.1) is 0 Å². The summed E-state index contributed by atoms with van der Waals surface area (Å²) in [5, 5.41) is 2.90. The van der Waals surface area contributed by atoms with Gasteiger partial charge in [0.25, 0.3) is 0 Å². The highest BCUT2D eigenvalue weighted by molar-refractivity contribution is 5.92. The Morgan fingerprint density at radius 1 is 1.00 bits per heavy atom. The highest BCUT2D eigenvalue weighted by atomic mass is 19.2. The lowest BCUT2D eigenvalue weighted by atomic mass is 10.0. The Bertz CT molecular complexity index is 687. The van der Waals surface area contributed by atoms with Gasteiger partial charge in [0.15, 0.2) is 11.6 Å². The van der Waals surface area contributed by atoms with Crippen LogP contribution in [0, 0.1) is 32.4 Å². The number of rotatable bonds is 4. The monoisotopic (exact) mass is 303 g/mol. The van der Waals surface area contributed by atoms with E-state index < -0.39 is 11.6 Å². The van der Waals surface area contributed by atoms with E-state index in [-0.39, 0.29) is 12.3 Å². The van der Waals surface area contributed by atoms with Crippen LogP contribution in [-0.2, 0) is 11.2 Å². The molecule has 1 amide bonds. The molecule has 0 saturated carbocycles. The maximum Gasteiger partial charge on any atom is 0.224 e. The molecule has 0 spiro atoms. The van der Waals surface area contributed by atoms with Crippen LogP contribution < -0.4 is 5.32 Å². The van der Waals surface area contributed by atoms with Gasteiger partial charge in [0.2, 0.25) is 5.91 Å². The van der Waals surface area contributed by atoms with Crippen molar-refractivity contribution in [3.63, 3.8) is 0 Å². The average molecular weight is 303 g/mol. The molecule has 0 aliphatic heterocycles. The zero-order valence-corrected chi connectivity index (χ0v) is 13.0. The largest absolute Gasteiger partial charge is 0.326 e. The number of halogens is 2. The quantitative estimate of drug-likeness (QED) is 0.887. The smallest absolute Gasteiger partial charge is 0.224 e. The zero-order valence-electron chi connectivity index (χ0n) is 13.0. The second kappa shape index (κ2) is 6.69. The molecule has 0 radical (unpaired) electrons. The molecule has 2 rings (SSSR count). The van der Waals surface area contributed by atoms with Crippen molar-refractivity contribution in [2.45, 2.75) is 33.6 Å². The number of hydrogen-bond donors (Lipinski definition) is 1. The highest BCUT2D eigenvalue weighted by Gasteiger charge is 2.09. The number of carbonyl (C=O) groups excluding carboxylic acids is 1. The second-order valence-electron chi connectivity index (χ2n) is 5.57. The molecule has 0 aliphatic carbocycles. The molecule has 0 heterocycles. The predicted molar refractivity (Wildman–Crippen MR) is 84.0 cm³/mol. The van der Waals surface area contributed by atoms with Gasteiger partial charge in [-0.1, -0.05) is 23.8 Å². The molecule has 0 saturated heterocycles. The van der Waals surface area contributed by atoms with Crippen LogP contribution in [0.25, 0.3) is 0 Å². The highest BCUT2D eigenvalue weighted by Crippen LogP contribution is 2.22. The molecule has 0 fully saturated rings. The first kappa shape index (κ1) is 16.1. The third-order valence-corrected chi connectivity index (χ3v) is 3.57. The molecule has 0 atom stereocenters. The van der Waals surface area contributed by atoms with Crippen LogP contribution in [0.5, 0.6) is 0 Å². The minimum atomic E-state index is -0.886. The summed E-state index contributed by atoms with van der Waals surface area (Å²) < 4.78 is 26.0. The minimum Gasteiger partial charge on any atom is -0.326 e. The lowest BCUT2D eigenvalue weighted by Crippen LogP contribution is -2.14. The number of nitrogens with one attached hydrogen (secondary N) is 1. The van der Waals surface area contributed by atoms with Crippen LogP contribution in [0.15, 0.2) is 30.3 Å². The third kappa shape index (κ3) is 3.91. The molecule has 22 heavy (non-hydrogen) atoms. The predicted octanol–water partition coefficient (Wildman–Crippen LogP) is 4.46. The molecule has 0 aliphatic rings. The van der Waals surface area contributed by atoms with E-state index in [2.05, 4.69) is 5.32 Å². The number of aryl methyl sites for hydroxylation is 4. The molecule has 2 nitrogen and oxygen atoms in total. The molecule has 0 aromatic heterocycles. The summed E-state index contributed by atoms with van der Waals surface area (Å²) in [6, 6.07) is 7.73. The van der Waals surface area contributed by atoms with Crippen molar-refractivity contribution in [2.75, 3.05) is 5.32 Å². The van der Waals surface area contributed by atoms with Crippen molar-refractivity contribution < 1.29 is 13.6 Å². The summed E-state index contributed by atoms with van der Waals surface area (Å²) in [6.07, 6.45) is 0.588. The fraction of sp³-hybridized carbons (Fsp3) is 0.278. The van der Waals surface area contributed by atoms with Crippen LogP contribution in [0.1, 0.15) is 28.7 Å². The van der Waals surface area contributed by atoms with E-state index in [9.17, 15) is 13.6 Å². The normalized spacial score (nSPS) is 10.6. The fourth-order valence-corrected chi connectivity index (χ4v) is 2.53. The Labute approximate surface area is 129 Å². The third-order valence-electron chi connectivity index (χ3n) is 3.57. The van der Waals surface area contributed by atoms with Crippen molar-refractivity contribution in [1.82, 2.24) is 0 Å². The van der Waals surface area contributed by atoms with E-state index in [0.717, 1.165) is 34.5 Å². The first-order chi connectivity index (χ1) is 10.4. The molecular weight excluding hydrogens is 284 g/mol. The number of benzene rings is 2. The SMILES string of the molecule is Cc1cc(C)c(NC(=O)CCc2ccc(F)c(F)c2)c(C)c1. The standard InChI is InChI=1S/C18H19F2NO/c1-11-8-12(2)18(13(3)9-11)21-17(22)7-5-14-4-6-15(19)16(20)10-14/h4,6,8-10H,5,7H2,1-3H3,(H,21,22). The summed E-state index contributed by atoms with van der Waals surface area (Å²) >= 11 is 0. The topological polar surface area (TPSA) is 29.1 Å². The lowest BCUT2D eigenvalue weighted by Gasteiger charge is -2.13. The maximum absolute atomic E-state index is 13.1. The van der Waals surface area contributed by atoms with E-state index in [0.29, 0.717) is 12.0 Å². The molecular formula is C18H19F2NO. The van der Waals surface area contributed by atoms with E-state index >= 15 is 0 Å². The van der Waals surface area contributed by atoms with Gasteiger partial charge in [-0.05, 0) is 56.0 Å². The van der Waals surface area contributed by atoms with Crippen LogP contribution >= 0.6 is 0 Å². The van der Waals surface area contributed by atoms with Crippen molar-refractivity contribution in [3.8, 4) is 0 Å². The summed E-state index contributed by atoms with van der Waals surface area (Å²) in [5.74, 6) is -1.90. The Morgan fingerprint density at radius 3 is 2.23 bits per heavy atom. The van der Waals surface area contributed by atoms with Gasteiger partial charge in [0.1, 0.15) is 0 Å². The summed E-state index contributed by atoms with van der Waals surface area (Å²) in [7, 11) is 0. The second-order valence-corrected chi connectivity index (χ2v) is 5.57. The zero-order chi connectivity index (χ0) is 16.3. The summed E-state index contributed by atoms with van der Waals surface area (Å²) in [5.41, 5.74) is 4.60. The molecule has 2 aromatic carbocycles. The van der Waals surface area contributed by atoms with Gasteiger partial charge < -0.3 is 5.32 Å². The van der Waals surface area contributed by atoms with Crippen molar-refractivity contribution >= 4 is 11.6 Å². The van der Waals surface area contributed by atoms with E-state index in [1.807, 2.05) is 32.9 Å². The van der Waals surface area contributed by atoms with E-state index in [4.69, 9.17) is 0 Å². The first-order valence-corrected chi connectivity index (χ1v) is 7.18. The van der Waals surface area contributed by atoms with Crippen LogP contribution in [0.2, 0.25) is 0 Å². The first-order valence-electron chi connectivity index (χ1n) is 7.18. The van der Waals surface area contributed by atoms with Gasteiger partial charge in [-0.25, -0.2) is 8.78 Å². The van der Waals surface area contributed by atoms with Crippen LogP contribution in [-0.4, -0.2) is 5.91 Å². The van der Waals surface area contributed by atoms with Gasteiger partial charge >= 0.3 is 0 Å². The maximum atomic E-state index is 13.1. The average Bonchev–Trinajstić information content (AvgIpc) is 2.44. The van der Waals surface area contributed by atoms with Crippen molar-refractivity contribution in [2.24, 2.45) is 0 Å². The molecule has 116 valence electrons. The van der Waals surface area contributed by atoms with Crippen molar-refractivity contribution in [3.05, 3.63) is 64.2 Å². The van der Waals surface area contributed by atoms with E-state index in [1.54, 1.807) is 0 Å². The van der Waals surface area contributed by atoms with Crippen LogP contribution in [0.3, 0.4) is 0 Å².